The maximum Gasteiger partial charge on any atom is 0.299 e. The van der Waals surface area contributed by atoms with E-state index in [-0.39, 0.29) is 12.1 Å². The van der Waals surface area contributed by atoms with Crippen LogP contribution in [0.1, 0.15) is 15.9 Å². The van der Waals surface area contributed by atoms with Crippen LogP contribution < -0.4 is 4.90 Å². The highest BCUT2D eigenvalue weighted by atomic mass is 19.1. The topological polar surface area (TPSA) is 37.4 Å². The lowest BCUT2D eigenvalue weighted by Crippen LogP contribution is -2.29. The highest BCUT2D eigenvalue weighted by Gasteiger charge is 2.36. The molecule has 1 aliphatic heterocycles. The van der Waals surface area contributed by atoms with Gasteiger partial charge in [-0.2, -0.15) is 0 Å². The van der Waals surface area contributed by atoms with E-state index < -0.39 is 17.5 Å². The van der Waals surface area contributed by atoms with Gasteiger partial charge in [0.25, 0.3) is 11.7 Å². The molecular formula is C12H10FNO2. The number of anilines is 1. The first-order valence-electron chi connectivity index (χ1n) is 4.83. The monoisotopic (exact) mass is 219 g/mol. The molecule has 0 saturated carbocycles. The third-order valence-corrected chi connectivity index (χ3v) is 2.53. The Kier molecular flexibility index (Phi) is 2.34. The first-order valence-corrected chi connectivity index (χ1v) is 4.83. The normalized spacial score (nSPS) is 14.2. The van der Waals surface area contributed by atoms with E-state index in [1.165, 1.54) is 17.0 Å². The van der Waals surface area contributed by atoms with Crippen molar-refractivity contribution in [2.24, 2.45) is 0 Å². The van der Waals surface area contributed by atoms with E-state index >= 15 is 0 Å². The summed E-state index contributed by atoms with van der Waals surface area (Å²) >= 11 is 0. The summed E-state index contributed by atoms with van der Waals surface area (Å²) in [5.74, 6) is -1.78. The van der Waals surface area contributed by atoms with Gasteiger partial charge in [-0.3, -0.25) is 9.59 Å². The van der Waals surface area contributed by atoms with Crippen LogP contribution in [-0.2, 0) is 4.79 Å². The number of rotatable bonds is 2. The molecule has 1 aliphatic rings. The van der Waals surface area contributed by atoms with Crippen molar-refractivity contribution in [2.45, 2.75) is 6.92 Å². The molecule has 0 spiro atoms. The number of halogens is 1. The number of carbonyl (C=O) groups excluding carboxylic acids is 2. The van der Waals surface area contributed by atoms with Crippen molar-refractivity contribution in [3.8, 4) is 0 Å². The summed E-state index contributed by atoms with van der Waals surface area (Å²) in [6.45, 7) is 5.45. The Morgan fingerprint density at radius 2 is 2.12 bits per heavy atom. The second-order valence-electron chi connectivity index (χ2n) is 3.65. The maximum atomic E-state index is 13.1. The van der Waals surface area contributed by atoms with Crippen LogP contribution in [-0.4, -0.2) is 18.2 Å². The minimum atomic E-state index is -0.653. The zero-order chi connectivity index (χ0) is 11.9. The Balaban J connectivity index is 2.65. The van der Waals surface area contributed by atoms with E-state index in [1.54, 1.807) is 6.92 Å². The molecule has 0 radical (unpaired) electrons. The standard InChI is InChI=1S/C12H10FNO2/c1-3-4-14-10-7(2)5-8(13)6-9(10)11(15)12(14)16/h3,5-6H,1,4H2,2H3. The fourth-order valence-corrected chi connectivity index (χ4v) is 1.91. The predicted octanol–water partition coefficient (Wildman–Crippen LogP) is 1.85. The number of ketones is 1. The van der Waals surface area contributed by atoms with Crippen molar-refractivity contribution in [2.75, 3.05) is 11.4 Å². The highest BCUT2D eigenvalue weighted by Crippen LogP contribution is 2.32. The zero-order valence-corrected chi connectivity index (χ0v) is 8.79. The van der Waals surface area contributed by atoms with Crippen LogP contribution in [0.5, 0.6) is 0 Å². The van der Waals surface area contributed by atoms with Crippen molar-refractivity contribution in [3.63, 3.8) is 0 Å². The molecule has 1 aromatic rings. The summed E-state index contributed by atoms with van der Waals surface area (Å²) in [7, 11) is 0. The Morgan fingerprint density at radius 3 is 2.75 bits per heavy atom. The summed E-state index contributed by atoms with van der Waals surface area (Å²) in [6, 6.07) is 2.41. The second kappa shape index (κ2) is 3.56. The van der Waals surface area contributed by atoms with Gasteiger partial charge in [0, 0.05) is 6.54 Å². The van der Waals surface area contributed by atoms with Crippen molar-refractivity contribution in [3.05, 3.63) is 41.7 Å². The van der Waals surface area contributed by atoms with Gasteiger partial charge in [-0.25, -0.2) is 4.39 Å². The number of carbonyl (C=O) groups is 2. The second-order valence-corrected chi connectivity index (χ2v) is 3.65. The quantitative estimate of drug-likeness (QED) is 0.562. The van der Waals surface area contributed by atoms with Crippen molar-refractivity contribution >= 4 is 17.4 Å². The van der Waals surface area contributed by atoms with E-state index in [0.717, 1.165) is 6.07 Å². The molecule has 0 unspecified atom stereocenters. The average molecular weight is 219 g/mol. The lowest BCUT2D eigenvalue weighted by molar-refractivity contribution is -0.114. The predicted molar refractivity (Wildman–Crippen MR) is 58.0 cm³/mol. The van der Waals surface area contributed by atoms with Crippen LogP contribution in [0.2, 0.25) is 0 Å². The molecule has 2 rings (SSSR count). The van der Waals surface area contributed by atoms with Crippen molar-refractivity contribution in [1.82, 2.24) is 0 Å². The maximum absolute atomic E-state index is 13.1. The van der Waals surface area contributed by atoms with E-state index in [4.69, 9.17) is 0 Å². The van der Waals surface area contributed by atoms with Gasteiger partial charge in [-0.1, -0.05) is 6.08 Å². The van der Waals surface area contributed by atoms with Gasteiger partial charge in [0.15, 0.2) is 0 Å². The molecule has 0 fully saturated rings. The first-order chi connectivity index (χ1) is 7.56. The van der Waals surface area contributed by atoms with Gasteiger partial charge in [0.2, 0.25) is 0 Å². The van der Waals surface area contributed by atoms with E-state index in [0.29, 0.717) is 11.3 Å². The van der Waals surface area contributed by atoms with Gasteiger partial charge in [-0.05, 0) is 24.6 Å². The largest absolute Gasteiger partial charge is 0.301 e. The van der Waals surface area contributed by atoms with Crippen LogP contribution in [0.25, 0.3) is 0 Å². The molecule has 0 N–H and O–H groups in total. The van der Waals surface area contributed by atoms with Crippen molar-refractivity contribution in [1.29, 1.82) is 0 Å². The minimum Gasteiger partial charge on any atom is -0.301 e. The number of fused-ring (bicyclic) bond motifs is 1. The molecular weight excluding hydrogens is 209 g/mol. The number of Topliss-reactive ketones (excluding diaryl/α,β-unsaturated/α-hetero) is 1. The number of aryl methyl sites for hydroxylation is 1. The van der Waals surface area contributed by atoms with Crippen LogP contribution in [0.4, 0.5) is 10.1 Å². The van der Waals surface area contributed by atoms with E-state index in [9.17, 15) is 14.0 Å². The van der Waals surface area contributed by atoms with Gasteiger partial charge in [0.05, 0.1) is 11.3 Å². The molecule has 4 heteroatoms. The summed E-state index contributed by atoms with van der Waals surface area (Å²) < 4.78 is 13.1. The van der Waals surface area contributed by atoms with Gasteiger partial charge in [0.1, 0.15) is 5.82 Å². The SMILES string of the molecule is C=CCN1C(=O)C(=O)c2cc(F)cc(C)c21. The Bertz CT molecular complexity index is 508. The Morgan fingerprint density at radius 1 is 1.44 bits per heavy atom. The molecule has 0 bridgehead atoms. The summed E-state index contributed by atoms with van der Waals surface area (Å²) in [5.41, 5.74) is 1.22. The van der Waals surface area contributed by atoms with Gasteiger partial charge >= 0.3 is 0 Å². The Labute approximate surface area is 92.2 Å². The van der Waals surface area contributed by atoms with E-state index in [1.807, 2.05) is 0 Å². The number of benzene rings is 1. The number of hydrogen-bond acceptors (Lipinski definition) is 2. The molecule has 1 heterocycles. The molecule has 0 atom stereocenters. The minimum absolute atomic E-state index is 0.143. The zero-order valence-electron chi connectivity index (χ0n) is 8.79. The van der Waals surface area contributed by atoms with Gasteiger partial charge in [-0.15, -0.1) is 6.58 Å². The molecule has 1 aromatic carbocycles. The first kappa shape index (κ1) is 10.5. The van der Waals surface area contributed by atoms with E-state index in [2.05, 4.69) is 6.58 Å². The van der Waals surface area contributed by atoms with Crippen LogP contribution in [0.3, 0.4) is 0 Å². The smallest absolute Gasteiger partial charge is 0.299 e. The van der Waals surface area contributed by atoms with Crippen LogP contribution in [0.15, 0.2) is 24.8 Å². The molecule has 1 amide bonds. The number of hydrogen-bond donors (Lipinski definition) is 0. The van der Waals surface area contributed by atoms with Crippen LogP contribution in [0, 0.1) is 12.7 Å². The summed E-state index contributed by atoms with van der Waals surface area (Å²) in [6.07, 6.45) is 1.53. The summed E-state index contributed by atoms with van der Waals surface area (Å²) in [5, 5.41) is 0. The average Bonchev–Trinajstić information content (AvgIpc) is 2.44. The fourth-order valence-electron chi connectivity index (χ4n) is 1.91. The van der Waals surface area contributed by atoms with Gasteiger partial charge < -0.3 is 4.90 Å². The molecule has 0 saturated heterocycles. The highest BCUT2D eigenvalue weighted by molar-refractivity contribution is 6.52. The number of nitrogens with zero attached hydrogens (tertiary/aromatic N) is 1. The third-order valence-electron chi connectivity index (χ3n) is 2.53. The molecule has 0 aliphatic carbocycles. The molecule has 0 aromatic heterocycles. The van der Waals surface area contributed by atoms with Crippen molar-refractivity contribution < 1.29 is 14.0 Å². The third kappa shape index (κ3) is 1.34. The lowest BCUT2D eigenvalue weighted by Gasteiger charge is -2.15. The lowest BCUT2D eigenvalue weighted by atomic mass is 10.1. The molecule has 3 nitrogen and oxygen atoms in total. The van der Waals surface area contributed by atoms with Crippen LogP contribution >= 0.6 is 0 Å². The number of amides is 1. The molecule has 16 heavy (non-hydrogen) atoms. The fraction of sp³-hybridized carbons (Fsp3) is 0.167. The Hall–Kier alpha value is -1.97. The molecule has 82 valence electrons. The summed E-state index contributed by atoms with van der Waals surface area (Å²) in [4.78, 5) is 24.5.